The Kier molecular flexibility index (Phi) is 79.3. The molecular weight excluding hydrogens is 1460 g/mol. The van der Waals surface area contributed by atoms with Crippen molar-refractivity contribution >= 4 is 155 Å². The molecule has 0 aliphatic carbocycles. The van der Waals surface area contributed by atoms with Gasteiger partial charge in [0.2, 0.25) is 0 Å². The first-order valence-corrected chi connectivity index (χ1v) is 53.7. The van der Waals surface area contributed by atoms with Gasteiger partial charge in [-0.25, -0.2) is 4.57 Å². The van der Waals surface area contributed by atoms with Crippen molar-refractivity contribution in [3.8, 4) is 0 Å². The molecule has 0 amide bonds. The van der Waals surface area contributed by atoms with Crippen molar-refractivity contribution in [2.24, 2.45) is 0 Å². The fourth-order valence-electron chi connectivity index (χ4n) is 9.47. The maximum atomic E-state index is 13.6. The number of hydrogen-bond donors (Lipinski definition) is 0. The van der Waals surface area contributed by atoms with Crippen molar-refractivity contribution in [1.29, 1.82) is 0 Å². The quantitative estimate of drug-likeness (QED) is 0.0188. The summed E-state index contributed by atoms with van der Waals surface area (Å²) in [7, 11) is 21.7. The van der Waals surface area contributed by atoms with E-state index in [1.54, 1.807) is 13.8 Å². The predicted octanol–water partition coefficient (Wildman–Crippen LogP) is 23.3. The molecule has 0 saturated heterocycles. The van der Waals surface area contributed by atoms with Crippen molar-refractivity contribution in [3.05, 3.63) is 0 Å². The Morgan fingerprint density at radius 1 is 0.323 bits per heavy atom. The molecule has 0 aliphatic heterocycles. The first-order chi connectivity index (χ1) is 46.9. The molecule has 0 rings (SSSR count). The van der Waals surface area contributed by atoms with Crippen LogP contribution in [-0.2, 0) is 46.7 Å². The van der Waals surface area contributed by atoms with Crippen LogP contribution in [0.1, 0.15) is 261 Å². The lowest BCUT2D eigenvalue weighted by Crippen LogP contribution is -2.34. The van der Waals surface area contributed by atoms with Gasteiger partial charge in [-0.05, 0) is 118 Å². The average molecular weight is 1600 g/mol. The molecule has 0 saturated carbocycles. The van der Waals surface area contributed by atoms with E-state index in [-0.39, 0.29) is 59.7 Å². The number of phosphoric acid groups is 1. The summed E-state index contributed by atoms with van der Waals surface area (Å²) in [4.78, 5) is 47.8. The molecule has 13 nitrogen and oxygen atoms in total. The highest BCUT2D eigenvalue weighted by molar-refractivity contribution is 8.79. The summed E-state index contributed by atoms with van der Waals surface area (Å²) < 4.78 is 47.2. The number of carbonyl (C=O) groups is 3. The fraction of sp³-hybridized carbons (Fsp3) is 0.957. The van der Waals surface area contributed by atoms with Crippen LogP contribution in [0, 0.1) is 0 Å². The number of nitrogens with zero attached hydrogens (tertiary/aromatic N) is 3. The highest BCUT2D eigenvalue weighted by Gasteiger charge is 2.25. The second kappa shape index (κ2) is 77.2. The molecule has 0 aromatic carbocycles. The Balaban J connectivity index is 6.04. The Hall–Kier alpha value is 2.60. The lowest BCUT2D eigenvalue weighted by atomic mass is 10.2. The van der Waals surface area contributed by atoms with Crippen LogP contribution in [0.5, 0.6) is 0 Å². The molecule has 3 atom stereocenters. The molecule has 0 spiro atoms. The highest BCUT2D eigenvalue weighted by atomic mass is 33.1. The summed E-state index contributed by atoms with van der Waals surface area (Å²) in [6, 6.07) is 0. The van der Waals surface area contributed by atoms with Gasteiger partial charge >= 0.3 is 25.7 Å². The molecule has 0 bridgehead atoms. The van der Waals surface area contributed by atoms with Crippen molar-refractivity contribution in [2.45, 2.75) is 277 Å². The van der Waals surface area contributed by atoms with Gasteiger partial charge in [0, 0.05) is 71.4 Å². The molecule has 0 heterocycles. The third-order valence-electron chi connectivity index (χ3n) is 15.3. The van der Waals surface area contributed by atoms with E-state index in [1.807, 2.05) is 130 Å². The van der Waals surface area contributed by atoms with Crippen LogP contribution >= 0.6 is 137 Å². The van der Waals surface area contributed by atoms with E-state index in [0.29, 0.717) is 52.5 Å². The summed E-state index contributed by atoms with van der Waals surface area (Å²) in [5.41, 5.74) is 0. The van der Waals surface area contributed by atoms with Crippen LogP contribution < -0.4 is 0 Å². The molecule has 26 heteroatoms. The van der Waals surface area contributed by atoms with Crippen LogP contribution in [0.4, 0.5) is 0 Å². The number of carbonyl (C=O) groups excluding carboxylic acids is 3. The minimum Gasteiger partial charge on any atom is -0.464 e. The molecule has 572 valence electrons. The molecular formula is C70H140N3O10PS12. The first-order valence-electron chi connectivity index (χ1n) is 37.6. The van der Waals surface area contributed by atoms with Gasteiger partial charge in [0.25, 0.3) is 0 Å². The normalized spacial score (nSPS) is 13.0. The van der Waals surface area contributed by atoms with Crippen LogP contribution in [0.25, 0.3) is 0 Å². The van der Waals surface area contributed by atoms with Gasteiger partial charge in [0.05, 0.1) is 54.8 Å². The lowest BCUT2D eigenvalue weighted by molar-refractivity contribution is -0.145. The van der Waals surface area contributed by atoms with E-state index in [4.69, 9.17) is 27.8 Å². The smallest absolute Gasteiger partial charge is 0.464 e. The zero-order valence-corrected chi connectivity index (χ0v) is 72.6. The van der Waals surface area contributed by atoms with E-state index in [9.17, 15) is 18.9 Å². The van der Waals surface area contributed by atoms with E-state index in [0.717, 1.165) is 123 Å². The largest absolute Gasteiger partial charge is 0.474 e. The average Bonchev–Trinajstić information content (AvgIpc) is 2.54. The van der Waals surface area contributed by atoms with E-state index >= 15 is 0 Å². The predicted molar refractivity (Wildman–Crippen MR) is 448 cm³/mol. The van der Waals surface area contributed by atoms with Crippen LogP contribution in [0.2, 0.25) is 0 Å². The SMILES string of the molecule is CCCCCCSSCC(COC(=O)CCN(CCCN(C)CCCN(CCCCCCOP(=O)(OCC)OCC)CCC(=O)OCC(CSSCCCCC)SSCCCCCC)CCC(=O)OCC(CSSCCCCCC)SSCCCCCC)SSCCCCCC. The van der Waals surface area contributed by atoms with E-state index in [1.165, 1.54) is 148 Å². The Morgan fingerprint density at radius 3 is 0.958 bits per heavy atom. The minimum atomic E-state index is -3.53. The maximum absolute atomic E-state index is 13.6. The summed E-state index contributed by atoms with van der Waals surface area (Å²) in [5.74, 6) is 9.25. The molecule has 0 aliphatic rings. The monoisotopic (exact) mass is 1600 g/mol. The van der Waals surface area contributed by atoms with Gasteiger partial charge in [-0.1, -0.05) is 293 Å². The fourth-order valence-corrected chi connectivity index (χ4v) is 27.4. The van der Waals surface area contributed by atoms with Gasteiger partial charge < -0.3 is 28.9 Å². The number of hydrogen-bond acceptors (Lipinski definition) is 25. The number of ether oxygens (including phenoxy) is 3. The summed E-state index contributed by atoms with van der Waals surface area (Å²) in [6.45, 7) is 25.2. The minimum absolute atomic E-state index is 0.127. The Labute approximate surface area is 638 Å². The second-order valence-electron chi connectivity index (χ2n) is 24.5. The molecule has 96 heavy (non-hydrogen) atoms. The van der Waals surface area contributed by atoms with Gasteiger partial charge in [-0.15, -0.1) is 0 Å². The summed E-state index contributed by atoms with van der Waals surface area (Å²) in [5, 5.41) is 0.728. The molecule has 0 N–H and O–H groups in total. The topological polar surface area (TPSA) is 133 Å². The maximum Gasteiger partial charge on any atom is 0.474 e. The standard InChI is InChI=1S/C70H140N3O10PS12/c1-10-18-24-34-54-86-92-63-66(95-89-57-37-27-21-13-4)60-79-69(75)42-50-73(51-43-70(76)80-61-67(96-90-58-38-28-22-14-5)64-93-87-55-35-25-19-11-2)48-40-45-71(9)44-39-47-72(46-31-29-30-32-52-83-84(77,81-16-7)82-17-8)49-41-68(74)78-59-65(62-91-85-53-33-23-15-6)94-88-56-36-26-20-12-3/h65-67H,10-64H2,1-9H3. The van der Waals surface area contributed by atoms with Crippen molar-refractivity contribution < 1.29 is 46.7 Å². The van der Waals surface area contributed by atoms with Crippen molar-refractivity contribution in [1.82, 2.24) is 14.7 Å². The Morgan fingerprint density at radius 2 is 0.615 bits per heavy atom. The highest BCUT2D eigenvalue weighted by Crippen LogP contribution is 2.49. The molecule has 0 aromatic heterocycles. The van der Waals surface area contributed by atoms with Gasteiger partial charge in [-0.2, -0.15) is 0 Å². The van der Waals surface area contributed by atoms with Crippen molar-refractivity contribution in [3.63, 3.8) is 0 Å². The second-order valence-corrected chi connectivity index (χ2v) is 42.4. The third kappa shape index (κ3) is 68.4. The third-order valence-corrected chi connectivity index (χ3v) is 33.9. The summed E-state index contributed by atoms with van der Waals surface area (Å²) in [6.07, 6.45) is 35.3. The molecule has 0 fully saturated rings. The first kappa shape index (κ1) is 98.6. The molecule has 0 radical (unpaired) electrons. The zero-order chi connectivity index (χ0) is 70.3. The zero-order valence-electron chi connectivity index (χ0n) is 61.9. The van der Waals surface area contributed by atoms with Gasteiger partial charge in [0.1, 0.15) is 19.8 Å². The number of rotatable bonds is 79. The Bertz CT molecular complexity index is 1660. The molecule has 3 unspecified atom stereocenters. The van der Waals surface area contributed by atoms with Crippen LogP contribution in [-0.4, -0.2) is 199 Å². The van der Waals surface area contributed by atoms with Crippen LogP contribution in [0.3, 0.4) is 0 Å². The summed E-state index contributed by atoms with van der Waals surface area (Å²) >= 11 is 0. The van der Waals surface area contributed by atoms with E-state index in [2.05, 4.69) is 63.3 Å². The molecule has 0 aromatic rings. The lowest BCUT2D eigenvalue weighted by Gasteiger charge is -2.25. The van der Waals surface area contributed by atoms with Crippen LogP contribution in [0.15, 0.2) is 0 Å². The van der Waals surface area contributed by atoms with Gasteiger partial charge in [0.15, 0.2) is 0 Å². The van der Waals surface area contributed by atoms with Gasteiger partial charge in [-0.3, -0.25) is 28.0 Å². The van der Waals surface area contributed by atoms with Crippen molar-refractivity contribution in [2.75, 3.05) is 151 Å². The number of esters is 3. The van der Waals surface area contributed by atoms with E-state index < -0.39 is 7.82 Å². The number of unbranched alkanes of at least 4 members (excludes halogenated alkanes) is 20. The number of phosphoric ester groups is 1.